The largest absolute Gasteiger partial charge is 0.491 e. The van der Waals surface area contributed by atoms with E-state index in [4.69, 9.17) is 4.74 Å². The van der Waals surface area contributed by atoms with E-state index in [1.807, 2.05) is 32.2 Å². The molecule has 1 amide bonds. The van der Waals surface area contributed by atoms with Gasteiger partial charge in [0, 0.05) is 6.42 Å². The molecule has 0 atom stereocenters. The summed E-state index contributed by atoms with van der Waals surface area (Å²) in [7, 11) is 1.88. The van der Waals surface area contributed by atoms with E-state index < -0.39 is 0 Å². The standard InChI is InChI=1S/C15H24N2O2/c1-4-10-19-14-11-12(2)7-8-13(14)17-15(18)6-5-9-16-3/h7-8,11,16H,4-6,9-10H2,1-3H3,(H,17,18). The summed E-state index contributed by atoms with van der Waals surface area (Å²) < 4.78 is 5.67. The van der Waals surface area contributed by atoms with Gasteiger partial charge in [0.1, 0.15) is 5.75 Å². The highest BCUT2D eigenvalue weighted by molar-refractivity contribution is 5.92. The maximum Gasteiger partial charge on any atom is 0.224 e. The molecule has 1 aromatic rings. The molecule has 0 radical (unpaired) electrons. The van der Waals surface area contributed by atoms with Crippen LogP contribution >= 0.6 is 0 Å². The van der Waals surface area contributed by atoms with Crippen LogP contribution in [0.3, 0.4) is 0 Å². The summed E-state index contributed by atoms with van der Waals surface area (Å²) in [4.78, 5) is 11.8. The van der Waals surface area contributed by atoms with Crippen molar-refractivity contribution in [3.63, 3.8) is 0 Å². The van der Waals surface area contributed by atoms with E-state index in [-0.39, 0.29) is 5.91 Å². The van der Waals surface area contributed by atoms with E-state index in [2.05, 4.69) is 17.6 Å². The molecule has 0 unspecified atom stereocenters. The van der Waals surface area contributed by atoms with Gasteiger partial charge in [-0.1, -0.05) is 13.0 Å². The molecule has 2 N–H and O–H groups in total. The highest BCUT2D eigenvalue weighted by atomic mass is 16.5. The van der Waals surface area contributed by atoms with Crippen molar-refractivity contribution in [2.24, 2.45) is 0 Å². The summed E-state index contributed by atoms with van der Waals surface area (Å²) in [6.07, 6.45) is 2.30. The quantitative estimate of drug-likeness (QED) is 0.710. The number of rotatable bonds is 8. The fraction of sp³-hybridized carbons (Fsp3) is 0.533. The summed E-state index contributed by atoms with van der Waals surface area (Å²) >= 11 is 0. The van der Waals surface area contributed by atoms with Gasteiger partial charge in [-0.25, -0.2) is 0 Å². The van der Waals surface area contributed by atoms with Crippen LogP contribution in [0.5, 0.6) is 5.75 Å². The number of hydrogen-bond acceptors (Lipinski definition) is 3. The Bertz CT molecular complexity index is 405. The Morgan fingerprint density at radius 1 is 1.37 bits per heavy atom. The number of amides is 1. The highest BCUT2D eigenvalue weighted by Crippen LogP contribution is 2.26. The third-order valence-corrected chi connectivity index (χ3v) is 2.70. The van der Waals surface area contributed by atoms with Crippen LogP contribution in [0.15, 0.2) is 18.2 Å². The summed E-state index contributed by atoms with van der Waals surface area (Å²) in [5.74, 6) is 0.782. The number of anilines is 1. The van der Waals surface area contributed by atoms with E-state index in [1.54, 1.807) is 0 Å². The van der Waals surface area contributed by atoms with Crippen LogP contribution in [-0.2, 0) is 4.79 Å². The predicted octanol–water partition coefficient (Wildman–Crippen LogP) is 2.72. The van der Waals surface area contributed by atoms with Crippen LogP contribution in [0.1, 0.15) is 31.7 Å². The Morgan fingerprint density at radius 3 is 2.84 bits per heavy atom. The van der Waals surface area contributed by atoms with Crippen molar-refractivity contribution in [1.82, 2.24) is 5.32 Å². The first-order valence-electron chi connectivity index (χ1n) is 6.85. The third kappa shape index (κ3) is 5.75. The second kappa shape index (κ2) is 8.53. The van der Waals surface area contributed by atoms with E-state index in [1.165, 1.54) is 0 Å². The molecule has 0 spiro atoms. The van der Waals surface area contributed by atoms with E-state index in [9.17, 15) is 4.79 Å². The Balaban J connectivity index is 2.62. The number of hydrogen-bond donors (Lipinski definition) is 2. The van der Waals surface area contributed by atoms with Gasteiger partial charge in [-0.2, -0.15) is 0 Å². The Morgan fingerprint density at radius 2 is 2.16 bits per heavy atom. The van der Waals surface area contributed by atoms with Crippen LogP contribution in [0.2, 0.25) is 0 Å². The van der Waals surface area contributed by atoms with Gasteiger partial charge in [-0.05, 0) is 51.1 Å². The summed E-state index contributed by atoms with van der Waals surface area (Å²) in [5, 5.41) is 5.94. The van der Waals surface area contributed by atoms with Gasteiger partial charge in [0.05, 0.1) is 12.3 Å². The summed E-state index contributed by atoms with van der Waals surface area (Å²) in [5.41, 5.74) is 1.88. The molecule has 106 valence electrons. The normalized spacial score (nSPS) is 10.3. The number of benzene rings is 1. The molecule has 0 fully saturated rings. The van der Waals surface area contributed by atoms with Crippen LogP contribution in [0, 0.1) is 6.92 Å². The van der Waals surface area contributed by atoms with Gasteiger partial charge in [0.25, 0.3) is 0 Å². The zero-order chi connectivity index (χ0) is 14.1. The molecule has 0 aromatic heterocycles. The zero-order valence-electron chi connectivity index (χ0n) is 12.1. The lowest BCUT2D eigenvalue weighted by atomic mass is 10.2. The SMILES string of the molecule is CCCOc1cc(C)ccc1NC(=O)CCCNC. The smallest absolute Gasteiger partial charge is 0.224 e. The molecule has 0 bridgehead atoms. The van der Waals surface area contributed by atoms with Crippen molar-refractivity contribution in [3.8, 4) is 5.75 Å². The molecule has 19 heavy (non-hydrogen) atoms. The molecular weight excluding hydrogens is 240 g/mol. The Kier molecular flexibility index (Phi) is 6.97. The van der Waals surface area contributed by atoms with Crippen LogP contribution in [0.25, 0.3) is 0 Å². The lowest BCUT2D eigenvalue weighted by molar-refractivity contribution is -0.116. The predicted molar refractivity (Wildman–Crippen MR) is 78.8 cm³/mol. The van der Waals surface area contributed by atoms with Crippen molar-refractivity contribution in [1.29, 1.82) is 0 Å². The second-order valence-corrected chi connectivity index (χ2v) is 4.60. The van der Waals surface area contributed by atoms with Crippen molar-refractivity contribution >= 4 is 11.6 Å². The van der Waals surface area contributed by atoms with Gasteiger partial charge in [-0.3, -0.25) is 4.79 Å². The highest BCUT2D eigenvalue weighted by Gasteiger charge is 2.08. The monoisotopic (exact) mass is 264 g/mol. The first-order chi connectivity index (χ1) is 9.17. The molecule has 0 aliphatic rings. The summed E-state index contributed by atoms with van der Waals surface area (Å²) in [6, 6.07) is 5.83. The number of carbonyl (C=O) groups is 1. The number of aryl methyl sites for hydroxylation is 1. The second-order valence-electron chi connectivity index (χ2n) is 4.60. The molecule has 1 rings (SSSR count). The van der Waals surface area contributed by atoms with E-state index >= 15 is 0 Å². The number of nitrogens with one attached hydrogen (secondary N) is 2. The lowest BCUT2D eigenvalue weighted by Gasteiger charge is -2.13. The molecule has 0 aliphatic carbocycles. The summed E-state index contributed by atoms with van der Waals surface area (Å²) in [6.45, 7) is 5.58. The van der Waals surface area contributed by atoms with Gasteiger partial charge in [0.2, 0.25) is 5.91 Å². The molecule has 0 heterocycles. The minimum atomic E-state index is 0.0282. The van der Waals surface area contributed by atoms with Crippen molar-refractivity contribution in [3.05, 3.63) is 23.8 Å². The molecule has 0 saturated carbocycles. The average Bonchev–Trinajstić information content (AvgIpc) is 2.39. The third-order valence-electron chi connectivity index (χ3n) is 2.70. The maximum atomic E-state index is 11.8. The first-order valence-corrected chi connectivity index (χ1v) is 6.85. The first kappa shape index (κ1) is 15.5. The van der Waals surface area contributed by atoms with Crippen molar-refractivity contribution < 1.29 is 9.53 Å². The topological polar surface area (TPSA) is 50.4 Å². The van der Waals surface area contributed by atoms with Gasteiger partial charge in [-0.15, -0.1) is 0 Å². The molecule has 1 aromatic carbocycles. The van der Waals surface area contributed by atoms with Crippen LogP contribution < -0.4 is 15.4 Å². The lowest BCUT2D eigenvalue weighted by Crippen LogP contribution is -2.16. The number of carbonyl (C=O) groups excluding carboxylic acids is 1. The molecule has 0 saturated heterocycles. The Hall–Kier alpha value is -1.55. The molecule has 4 heteroatoms. The van der Waals surface area contributed by atoms with E-state index in [0.29, 0.717) is 13.0 Å². The fourth-order valence-electron chi connectivity index (χ4n) is 1.70. The van der Waals surface area contributed by atoms with E-state index in [0.717, 1.165) is 36.4 Å². The molecule has 0 aliphatic heterocycles. The number of ether oxygens (including phenoxy) is 1. The van der Waals surface area contributed by atoms with Gasteiger partial charge >= 0.3 is 0 Å². The fourth-order valence-corrected chi connectivity index (χ4v) is 1.70. The minimum absolute atomic E-state index is 0.0282. The van der Waals surface area contributed by atoms with Crippen molar-refractivity contribution in [2.45, 2.75) is 33.1 Å². The van der Waals surface area contributed by atoms with Crippen molar-refractivity contribution in [2.75, 3.05) is 25.5 Å². The Labute approximate surface area is 115 Å². The molecule has 4 nitrogen and oxygen atoms in total. The molecular formula is C15H24N2O2. The van der Waals surface area contributed by atoms with Crippen LogP contribution in [-0.4, -0.2) is 26.1 Å². The van der Waals surface area contributed by atoms with Gasteiger partial charge in [0.15, 0.2) is 0 Å². The van der Waals surface area contributed by atoms with Crippen LogP contribution in [0.4, 0.5) is 5.69 Å². The maximum absolute atomic E-state index is 11.8. The zero-order valence-corrected chi connectivity index (χ0v) is 12.1. The van der Waals surface area contributed by atoms with Gasteiger partial charge < -0.3 is 15.4 Å². The average molecular weight is 264 g/mol. The minimum Gasteiger partial charge on any atom is -0.491 e.